The van der Waals surface area contributed by atoms with E-state index in [0.29, 0.717) is 18.3 Å². The molecule has 2 N–H and O–H groups in total. The van der Waals surface area contributed by atoms with Crippen LogP contribution in [0.1, 0.15) is 19.3 Å². The van der Waals surface area contributed by atoms with Crippen LogP contribution < -0.4 is 10.5 Å². The third-order valence-corrected chi connectivity index (χ3v) is 2.70. The van der Waals surface area contributed by atoms with Crippen LogP contribution >= 0.6 is 0 Å². The van der Waals surface area contributed by atoms with Crippen LogP contribution in [0.4, 0.5) is 0 Å². The summed E-state index contributed by atoms with van der Waals surface area (Å²) in [6.45, 7) is 0.699. The van der Waals surface area contributed by atoms with Crippen LogP contribution in [0.3, 0.4) is 0 Å². The number of nitrogens with two attached hydrogens (primary N) is 1. The van der Waals surface area contributed by atoms with Crippen molar-refractivity contribution in [1.29, 1.82) is 0 Å². The zero-order chi connectivity index (χ0) is 9.80. The van der Waals surface area contributed by atoms with E-state index in [1.54, 1.807) is 18.6 Å². The Morgan fingerprint density at radius 2 is 2.36 bits per heavy atom. The van der Waals surface area contributed by atoms with Gasteiger partial charge in [-0.1, -0.05) is 0 Å². The van der Waals surface area contributed by atoms with E-state index in [-0.39, 0.29) is 6.10 Å². The maximum atomic E-state index is 5.73. The molecule has 4 heteroatoms. The van der Waals surface area contributed by atoms with Crippen molar-refractivity contribution in [3.63, 3.8) is 0 Å². The highest BCUT2D eigenvalue weighted by Crippen LogP contribution is 2.27. The maximum Gasteiger partial charge on any atom is 0.232 e. The van der Waals surface area contributed by atoms with E-state index in [2.05, 4.69) is 9.97 Å². The summed E-state index contributed by atoms with van der Waals surface area (Å²) in [5.41, 5.74) is 5.66. The maximum absolute atomic E-state index is 5.73. The Hall–Kier alpha value is -1.16. The summed E-state index contributed by atoms with van der Waals surface area (Å²) in [5, 5.41) is 0. The van der Waals surface area contributed by atoms with Gasteiger partial charge in [0.1, 0.15) is 6.10 Å². The van der Waals surface area contributed by atoms with E-state index in [1.165, 1.54) is 12.8 Å². The normalized spacial score (nSPS) is 26.4. The quantitative estimate of drug-likeness (QED) is 0.777. The van der Waals surface area contributed by atoms with E-state index in [4.69, 9.17) is 10.5 Å². The molecule has 14 heavy (non-hydrogen) atoms. The molecule has 1 aromatic heterocycles. The van der Waals surface area contributed by atoms with Gasteiger partial charge < -0.3 is 10.5 Å². The number of nitrogens with zero attached hydrogens (tertiary/aromatic N) is 2. The van der Waals surface area contributed by atoms with Gasteiger partial charge in [-0.25, -0.2) is 4.98 Å². The molecule has 0 spiro atoms. The molecule has 4 nitrogen and oxygen atoms in total. The summed E-state index contributed by atoms with van der Waals surface area (Å²) in [6, 6.07) is 0. The number of aromatic nitrogens is 2. The van der Waals surface area contributed by atoms with Crippen LogP contribution in [-0.2, 0) is 0 Å². The Labute approximate surface area is 83.5 Å². The van der Waals surface area contributed by atoms with Gasteiger partial charge in [0.05, 0.1) is 6.20 Å². The van der Waals surface area contributed by atoms with Crippen molar-refractivity contribution in [2.75, 3.05) is 6.54 Å². The van der Waals surface area contributed by atoms with Gasteiger partial charge in [-0.3, -0.25) is 4.98 Å². The Bertz CT molecular complexity index is 278. The molecule has 1 heterocycles. The lowest BCUT2D eigenvalue weighted by Gasteiger charge is -2.18. The molecular weight excluding hydrogens is 178 g/mol. The first-order chi connectivity index (χ1) is 6.90. The van der Waals surface area contributed by atoms with Gasteiger partial charge in [0.2, 0.25) is 5.88 Å². The highest BCUT2D eigenvalue weighted by atomic mass is 16.5. The molecule has 1 saturated carbocycles. The lowest BCUT2D eigenvalue weighted by atomic mass is 10.1. The molecule has 0 aromatic carbocycles. The molecule has 0 radical (unpaired) electrons. The van der Waals surface area contributed by atoms with Crippen molar-refractivity contribution in [1.82, 2.24) is 9.97 Å². The molecular formula is C10H15N3O. The average molecular weight is 193 g/mol. The van der Waals surface area contributed by atoms with E-state index < -0.39 is 0 Å². The van der Waals surface area contributed by atoms with Gasteiger partial charge in [0, 0.05) is 18.3 Å². The summed E-state index contributed by atoms with van der Waals surface area (Å²) in [4.78, 5) is 8.04. The summed E-state index contributed by atoms with van der Waals surface area (Å²) in [7, 11) is 0. The minimum atomic E-state index is 0.233. The van der Waals surface area contributed by atoms with Gasteiger partial charge >= 0.3 is 0 Å². The fourth-order valence-electron chi connectivity index (χ4n) is 1.93. The number of ether oxygens (including phenoxy) is 1. The summed E-state index contributed by atoms with van der Waals surface area (Å²) < 4.78 is 5.73. The Morgan fingerprint density at radius 1 is 1.43 bits per heavy atom. The monoisotopic (exact) mass is 193 g/mol. The molecule has 76 valence electrons. The predicted octanol–water partition coefficient (Wildman–Crippen LogP) is 0.983. The highest BCUT2D eigenvalue weighted by molar-refractivity contribution is 5.03. The minimum absolute atomic E-state index is 0.233. The van der Waals surface area contributed by atoms with Gasteiger partial charge in [0.25, 0.3) is 0 Å². The van der Waals surface area contributed by atoms with Crippen LogP contribution in [0.25, 0.3) is 0 Å². The van der Waals surface area contributed by atoms with Crippen LogP contribution in [0.2, 0.25) is 0 Å². The van der Waals surface area contributed by atoms with Crippen LogP contribution in [-0.4, -0.2) is 22.6 Å². The van der Waals surface area contributed by atoms with Crippen molar-refractivity contribution in [3.8, 4) is 5.88 Å². The SMILES string of the molecule is NCC1CCCC1Oc1cnccn1. The Kier molecular flexibility index (Phi) is 2.93. The first-order valence-corrected chi connectivity index (χ1v) is 5.03. The van der Waals surface area contributed by atoms with E-state index in [1.807, 2.05) is 0 Å². The van der Waals surface area contributed by atoms with Gasteiger partial charge in [0.15, 0.2) is 0 Å². The van der Waals surface area contributed by atoms with Crippen molar-refractivity contribution < 1.29 is 4.74 Å². The van der Waals surface area contributed by atoms with Crippen molar-refractivity contribution in [2.45, 2.75) is 25.4 Å². The molecule has 0 saturated heterocycles. The minimum Gasteiger partial charge on any atom is -0.473 e. The van der Waals surface area contributed by atoms with Crippen LogP contribution in [0, 0.1) is 5.92 Å². The van der Waals surface area contributed by atoms with Gasteiger partial charge in [-0.15, -0.1) is 0 Å². The Morgan fingerprint density at radius 3 is 3.07 bits per heavy atom. The molecule has 0 aliphatic heterocycles. The molecule has 2 unspecified atom stereocenters. The van der Waals surface area contributed by atoms with Crippen molar-refractivity contribution in [2.24, 2.45) is 11.7 Å². The van der Waals surface area contributed by atoms with Gasteiger partial charge in [-0.2, -0.15) is 0 Å². The first kappa shape index (κ1) is 9.40. The fraction of sp³-hybridized carbons (Fsp3) is 0.600. The lowest BCUT2D eigenvalue weighted by Crippen LogP contribution is -2.27. The topological polar surface area (TPSA) is 61.0 Å². The summed E-state index contributed by atoms with van der Waals surface area (Å²) >= 11 is 0. The molecule has 2 atom stereocenters. The fourth-order valence-corrected chi connectivity index (χ4v) is 1.93. The van der Waals surface area contributed by atoms with E-state index in [0.717, 1.165) is 6.42 Å². The molecule has 1 aliphatic carbocycles. The number of rotatable bonds is 3. The van der Waals surface area contributed by atoms with Crippen molar-refractivity contribution in [3.05, 3.63) is 18.6 Å². The highest BCUT2D eigenvalue weighted by Gasteiger charge is 2.27. The smallest absolute Gasteiger partial charge is 0.232 e. The van der Waals surface area contributed by atoms with Crippen molar-refractivity contribution >= 4 is 0 Å². The summed E-state index contributed by atoms with van der Waals surface area (Å²) in [5.74, 6) is 1.09. The first-order valence-electron chi connectivity index (χ1n) is 5.03. The standard InChI is InChI=1S/C10H15N3O/c11-6-8-2-1-3-9(8)14-10-7-12-4-5-13-10/h4-5,7-9H,1-3,6,11H2. The second-order valence-electron chi connectivity index (χ2n) is 3.63. The predicted molar refractivity (Wildman–Crippen MR) is 52.8 cm³/mol. The number of hydrogen-bond acceptors (Lipinski definition) is 4. The Balaban J connectivity index is 1.97. The zero-order valence-electron chi connectivity index (χ0n) is 8.10. The molecule has 1 aromatic rings. The molecule has 0 bridgehead atoms. The molecule has 0 amide bonds. The van der Waals surface area contributed by atoms with E-state index in [9.17, 15) is 0 Å². The average Bonchev–Trinajstić information content (AvgIpc) is 2.67. The number of hydrogen-bond donors (Lipinski definition) is 1. The second kappa shape index (κ2) is 4.37. The summed E-state index contributed by atoms with van der Waals surface area (Å²) in [6.07, 6.45) is 8.61. The van der Waals surface area contributed by atoms with E-state index >= 15 is 0 Å². The largest absolute Gasteiger partial charge is 0.473 e. The molecule has 1 fully saturated rings. The molecule has 1 aliphatic rings. The zero-order valence-corrected chi connectivity index (χ0v) is 8.10. The van der Waals surface area contributed by atoms with Gasteiger partial charge in [-0.05, 0) is 25.8 Å². The third kappa shape index (κ3) is 2.01. The van der Waals surface area contributed by atoms with Crippen LogP contribution in [0.5, 0.6) is 5.88 Å². The molecule has 2 rings (SSSR count). The lowest BCUT2D eigenvalue weighted by molar-refractivity contribution is 0.155. The third-order valence-electron chi connectivity index (χ3n) is 2.70. The van der Waals surface area contributed by atoms with Crippen LogP contribution in [0.15, 0.2) is 18.6 Å². The second-order valence-corrected chi connectivity index (χ2v) is 3.63.